The molecule has 0 aromatic carbocycles. The summed E-state index contributed by atoms with van der Waals surface area (Å²) in [5.41, 5.74) is 0.854. The first-order valence-corrected chi connectivity index (χ1v) is 9.00. The van der Waals surface area contributed by atoms with Gasteiger partial charge in [-0.3, -0.25) is 0 Å². The van der Waals surface area contributed by atoms with Crippen LogP contribution >= 0.6 is 0 Å². The largest absolute Gasteiger partial charge is 0.312 e. The first kappa shape index (κ1) is 16.3. The van der Waals surface area contributed by atoms with Gasteiger partial charge in [-0.25, -0.2) is 0 Å². The van der Waals surface area contributed by atoms with Gasteiger partial charge < -0.3 is 5.32 Å². The molecule has 0 amide bonds. The van der Waals surface area contributed by atoms with Crippen LogP contribution in [0.1, 0.15) is 86.0 Å². The van der Waals surface area contributed by atoms with Crippen LogP contribution in [0.2, 0.25) is 0 Å². The van der Waals surface area contributed by atoms with Crippen molar-refractivity contribution in [1.29, 1.82) is 0 Å². The van der Waals surface area contributed by atoms with E-state index in [-0.39, 0.29) is 5.54 Å². The zero-order valence-corrected chi connectivity index (χ0v) is 14.6. The van der Waals surface area contributed by atoms with Crippen LogP contribution < -0.4 is 5.32 Å². The Kier molecular flexibility index (Phi) is 5.21. The van der Waals surface area contributed by atoms with E-state index in [1.807, 2.05) is 0 Å². The number of hydrogen-bond donors (Lipinski definition) is 1. The zero-order valence-electron chi connectivity index (χ0n) is 14.6. The standard InChI is InChI=1S/C19H37N/c1-18(2,3)20-14-16-10-11-19(4,5)13-17(16)12-15-8-6-7-9-15/h15-17,20H,6-14H2,1-5H3. The van der Waals surface area contributed by atoms with Gasteiger partial charge in [-0.2, -0.15) is 0 Å². The summed E-state index contributed by atoms with van der Waals surface area (Å²) in [6.07, 6.45) is 11.8. The van der Waals surface area contributed by atoms with E-state index < -0.39 is 0 Å². The second-order valence-electron chi connectivity index (χ2n) is 9.44. The Morgan fingerprint density at radius 3 is 2.25 bits per heavy atom. The quantitative estimate of drug-likeness (QED) is 0.727. The topological polar surface area (TPSA) is 12.0 Å². The first-order chi connectivity index (χ1) is 9.25. The van der Waals surface area contributed by atoms with Crippen LogP contribution in [0.25, 0.3) is 0 Å². The minimum absolute atomic E-state index is 0.269. The minimum atomic E-state index is 0.269. The Bertz CT molecular complexity index is 293. The highest BCUT2D eigenvalue weighted by Gasteiger charge is 2.36. The van der Waals surface area contributed by atoms with Gasteiger partial charge in [0.1, 0.15) is 0 Å². The van der Waals surface area contributed by atoms with Crippen molar-refractivity contribution in [2.75, 3.05) is 6.54 Å². The van der Waals surface area contributed by atoms with Crippen molar-refractivity contribution in [1.82, 2.24) is 5.32 Å². The summed E-state index contributed by atoms with van der Waals surface area (Å²) in [6.45, 7) is 13.1. The lowest BCUT2D eigenvalue weighted by Crippen LogP contribution is -2.43. The summed E-state index contributed by atoms with van der Waals surface area (Å²) in [6, 6.07) is 0. The van der Waals surface area contributed by atoms with Crippen LogP contribution in [-0.2, 0) is 0 Å². The summed E-state index contributed by atoms with van der Waals surface area (Å²) in [5, 5.41) is 3.77. The molecule has 118 valence electrons. The Morgan fingerprint density at radius 2 is 1.65 bits per heavy atom. The zero-order chi connectivity index (χ0) is 14.8. The average molecular weight is 280 g/mol. The molecule has 2 aliphatic carbocycles. The molecule has 2 rings (SSSR count). The second-order valence-corrected chi connectivity index (χ2v) is 9.44. The van der Waals surface area contributed by atoms with Crippen molar-refractivity contribution in [2.45, 2.75) is 91.5 Å². The lowest BCUT2D eigenvalue weighted by molar-refractivity contribution is 0.0933. The molecule has 2 saturated carbocycles. The molecule has 0 aromatic rings. The Hall–Kier alpha value is -0.0400. The van der Waals surface area contributed by atoms with Crippen LogP contribution in [0.3, 0.4) is 0 Å². The van der Waals surface area contributed by atoms with E-state index in [1.54, 1.807) is 0 Å². The summed E-state index contributed by atoms with van der Waals surface area (Å²) in [7, 11) is 0. The second kappa shape index (κ2) is 6.38. The molecule has 2 fully saturated rings. The van der Waals surface area contributed by atoms with Gasteiger partial charge in [-0.05, 0) is 76.2 Å². The Labute approximate surface area is 127 Å². The van der Waals surface area contributed by atoms with E-state index in [2.05, 4.69) is 39.9 Å². The molecule has 0 aliphatic heterocycles. The SMILES string of the molecule is CC1(C)CCC(CNC(C)(C)C)C(CC2CCCC2)C1. The van der Waals surface area contributed by atoms with Gasteiger partial charge in [0, 0.05) is 5.54 Å². The third kappa shape index (κ3) is 5.06. The summed E-state index contributed by atoms with van der Waals surface area (Å²) >= 11 is 0. The molecule has 0 aromatic heterocycles. The van der Waals surface area contributed by atoms with Gasteiger partial charge >= 0.3 is 0 Å². The fourth-order valence-electron chi connectivity index (χ4n) is 4.45. The fourth-order valence-corrected chi connectivity index (χ4v) is 4.45. The highest BCUT2D eigenvalue weighted by Crippen LogP contribution is 2.46. The van der Waals surface area contributed by atoms with E-state index >= 15 is 0 Å². The highest BCUT2D eigenvalue weighted by molar-refractivity contribution is 4.88. The lowest BCUT2D eigenvalue weighted by Gasteiger charge is -2.43. The van der Waals surface area contributed by atoms with Gasteiger partial charge in [-0.1, -0.05) is 39.5 Å². The predicted octanol–water partition coefficient (Wildman–Crippen LogP) is 5.40. The normalized spacial score (nSPS) is 31.6. The van der Waals surface area contributed by atoms with Crippen molar-refractivity contribution in [3.8, 4) is 0 Å². The van der Waals surface area contributed by atoms with Gasteiger partial charge in [0.2, 0.25) is 0 Å². The molecule has 2 aliphatic rings. The van der Waals surface area contributed by atoms with Gasteiger partial charge in [0.25, 0.3) is 0 Å². The van der Waals surface area contributed by atoms with E-state index in [1.165, 1.54) is 57.9 Å². The van der Waals surface area contributed by atoms with Crippen LogP contribution in [0, 0.1) is 23.2 Å². The Morgan fingerprint density at radius 1 is 1.00 bits per heavy atom. The summed E-state index contributed by atoms with van der Waals surface area (Å²) in [4.78, 5) is 0. The minimum Gasteiger partial charge on any atom is -0.312 e. The maximum absolute atomic E-state index is 3.77. The molecule has 0 radical (unpaired) electrons. The van der Waals surface area contributed by atoms with Crippen molar-refractivity contribution >= 4 is 0 Å². The van der Waals surface area contributed by atoms with Gasteiger partial charge in [0.15, 0.2) is 0 Å². The maximum atomic E-state index is 3.77. The molecule has 2 atom stereocenters. The number of rotatable bonds is 4. The fraction of sp³-hybridized carbons (Fsp3) is 1.00. The van der Waals surface area contributed by atoms with E-state index in [9.17, 15) is 0 Å². The lowest BCUT2D eigenvalue weighted by atomic mass is 9.65. The predicted molar refractivity (Wildman–Crippen MR) is 88.9 cm³/mol. The molecule has 1 N–H and O–H groups in total. The molecule has 1 nitrogen and oxygen atoms in total. The van der Waals surface area contributed by atoms with Crippen LogP contribution in [0.4, 0.5) is 0 Å². The summed E-state index contributed by atoms with van der Waals surface area (Å²) < 4.78 is 0. The van der Waals surface area contributed by atoms with Crippen molar-refractivity contribution in [2.24, 2.45) is 23.2 Å². The van der Waals surface area contributed by atoms with E-state index in [0.29, 0.717) is 5.41 Å². The molecule has 0 spiro atoms. The highest BCUT2D eigenvalue weighted by atomic mass is 14.9. The molecule has 0 heterocycles. The molecule has 2 unspecified atom stereocenters. The van der Waals surface area contributed by atoms with Crippen LogP contribution in [0.15, 0.2) is 0 Å². The third-order valence-corrected chi connectivity index (χ3v) is 5.68. The number of nitrogens with one attached hydrogen (secondary N) is 1. The maximum Gasteiger partial charge on any atom is 0.00966 e. The molecule has 0 saturated heterocycles. The smallest absolute Gasteiger partial charge is 0.00966 e. The molecular formula is C19H37N. The van der Waals surface area contributed by atoms with Crippen molar-refractivity contribution in [3.63, 3.8) is 0 Å². The third-order valence-electron chi connectivity index (χ3n) is 5.68. The van der Waals surface area contributed by atoms with Gasteiger partial charge in [-0.15, -0.1) is 0 Å². The summed E-state index contributed by atoms with van der Waals surface area (Å²) in [5.74, 6) is 2.94. The number of hydrogen-bond acceptors (Lipinski definition) is 1. The molecular weight excluding hydrogens is 242 g/mol. The van der Waals surface area contributed by atoms with Crippen molar-refractivity contribution in [3.05, 3.63) is 0 Å². The monoisotopic (exact) mass is 279 g/mol. The average Bonchev–Trinajstić information content (AvgIpc) is 2.78. The van der Waals surface area contributed by atoms with Gasteiger partial charge in [0.05, 0.1) is 0 Å². The molecule has 1 heteroatoms. The van der Waals surface area contributed by atoms with E-state index in [4.69, 9.17) is 0 Å². The van der Waals surface area contributed by atoms with E-state index in [0.717, 1.165) is 17.8 Å². The molecule has 20 heavy (non-hydrogen) atoms. The molecule has 0 bridgehead atoms. The van der Waals surface area contributed by atoms with Crippen LogP contribution in [-0.4, -0.2) is 12.1 Å². The van der Waals surface area contributed by atoms with Crippen molar-refractivity contribution < 1.29 is 0 Å². The first-order valence-electron chi connectivity index (χ1n) is 9.00. The Balaban J connectivity index is 1.92. The van der Waals surface area contributed by atoms with Crippen LogP contribution in [0.5, 0.6) is 0 Å².